The summed E-state index contributed by atoms with van der Waals surface area (Å²) in [7, 11) is 1.87. The van der Waals surface area contributed by atoms with Gasteiger partial charge in [-0.25, -0.2) is 0 Å². The van der Waals surface area contributed by atoms with E-state index in [9.17, 15) is 4.79 Å². The van der Waals surface area contributed by atoms with Crippen LogP contribution < -0.4 is 0 Å². The molecule has 0 spiro atoms. The number of ketones is 1. The molecular weight excluding hydrogens is 180 g/mol. The molecule has 0 aliphatic heterocycles. The maximum absolute atomic E-state index is 11.3. The van der Waals surface area contributed by atoms with Crippen LogP contribution in [0.5, 0.6) is 0 Å². The van der Waals surface area contributed by atoms with Crippen molar-refractivity contribution in [3.8, 4) is 0 Å². The predicted molar refractivity (Wildman–Crippen MR) is 52.9 cm³/mol. The molecule has 0 fully saturated rings. The highest BCUT2D eigenvalue weighted by Crippen LogP contribution is 2.03. The molecule has 1 aromatic rings. The minimum absolute atomic E-state index is 0.0947. The first-order valence-electron chi connectivity index (χ1n) is 4.83. The van der Waals surface area contributed by atoms with Gasteiger partial charge in [0.05, 0.1) is 0 Å². The molecule has 0 aliphatic rings. The second-order valence-electron chi connectivity index (χ2n) is 3.31. The van der Waals surface area contributed by atoms with E-state index < -0.39 is 0 Å². The molecule has 0 amide bonds. The monoisotopic (exact) mass is 196 g/mol. The normalized spacial score (nSPS) is 10.4. The van der Waals surface area contributed by atoms with E-state index >= 15 is 0 Å². The van der Waals surface area contributed by atoms with Crippen molar-refractivity contribution in [3.63, 3.8) is 0 Å². The van der Waals surface area contributed by atoms with Crippen LogP contribution >= 0.6 is 0 Å². The van der Waals surface area contributed by atoms with Gasteiger partial charge in [-0.3, -0.25) is 9.48 Å². The van der Waals surface area contributed by atoms with Crippen LogP contribution in [0.1, 0.15) is 25.0 Å². The quantitative estimate of drug-likeness (QED) is 0.728. The number of hydrogen-bond donors (Lipinski definition) is 1. The second kappa shape index (κ2) is 5.54. The van der Waals surface area contributed by atoms with Gasteiger partial charge < -0.3 is 5.11 Å². The van der Waals surface area contributed by atoms with Gasteiger partial charge in [0, 0.05) is 38.4 Å². The molecule has 1 heterocycles. The highest BCUT2D eigenvalue weighted by Gasteiger charge is 2.04. The molecule has 0 unspecified atom stereocenters. The van der Waals surface area contributed by atoms with Crippen molar-refractivity contribution >= 4 is 5.78 Å². The smallest absolute Gasteiger partial charge is 0.133 e. The fourth-order valence-electron chi connectivity index (χ4n) is 1.32. The fourth-order valence-corrected chi connectivity index (χ4v) is 1.32. The Morgan fingerprint density at radius 3 is 2.93 bits per heavy atom. The molecule has 1 N–H and O–H groups in total. The van der Waals surface area contributed by atoms with Crippen LogP contribution in [0.4, 0.5) is 0 Å². The topological polar surface area (TPSA) is 55.1 Å². The molecule has 0 saturated carbocycles. The highest BCUT2D eigenvalue weighted by atomic mass is 16.3. The van der Waals surface area contributed by atoms with Crippen LogP contribution in [0, 0.1) is 0 Å². The first kappa shape index (κ1) is 10.9. The number of aromatic nitrogens is 2. The molecule has 0 atom stereocenters. The third kappa shape index (κ3) is 3.30. The van der Waals surface area contributed by atoms with Crippen molar-refractivity contribution in [3.05, 3.63) is 18.0 Å². The molecule has 14 heavy (non-hydrogen) atoms. The summed E-state index contributed by atoms with van der Waals surface area (Å²) in [4.78, 5) is 11.3. The summed E-state index contributed by atoms with van der Waals surface area (Å²) in [5.41, 5.74) is 1.07. The number of Topliss-reactive ketones (excluding diaryl/α,β-unsaturated/α-hetero) is 1. The Morgan fingerprint density at radius 1 is 1.57 bits per heavy atom. The SMILES string of the molecule is Cn1nccc1CCC(=O)CCCO. The van der Waals surface area contributed by atoms with Crippen molar-refractivity contribution in [1.29, 1.82) is 0 Å². The highest BCUT2D eigenvalue weighted by molar-refractivity contribution is 5.78. The van der Waals surface area contributed by atoms with E-state index in [2.05, 4.69) is 5.10 Å². The summed E-state index contributed by atoms with van der Waals surface area (Å²) >= 11 is 0. The summed E-state index contributed by atoms with van der Waals surface area (Å²) < 4.78 is 1.78. The van der Waals surface area contributed by atoms with Crippen LogP contribution in [0.25, 0.3) is 0 Å². The van der Waals surface area contributed by atoms with E-state index in [1.54, 1.807) is 10.9 Å². The molecule has 0 aromatic carbocycles. The lowest BCUT2D eigenvalue weighted by molar-refractivity contribution is -0.119. The van der Waals surface area contributed by atoms with Crippen molar-refractivity contribution in [1.82, 2.24) is 9.78 Å². The van der Waals surface area contributed by atoms with Crippen molar-refractivity contribution < 1.29 is 9.90 Å². The molecule has 0 aliphatic carbocycles. The summed E-state index contributed by atoms with van der Waals surface area (Å²) in [6.07, 6.45) is 4.06. The molecule has 78 valence electrons. The minimum Gasteiger partial charge on any atom is -0.396 e. The summed E-state index contributed by atoms with van der Waals surface area (Å²) in [5.74, 6) is 0.209. The maximum atomic E-state index is 11.3. The van der Waals surface area contributed by atoms with E-state index in [0.29, 0.717) is 19.3 Å². The third-order valence-electron chi connectivity index (χ3n) is 2.20. The Labute approximate surface area is 83.5 Å². The van der Waals surface area contributed by atoms with Gasteiger partial charge in [0.25, 0.3) is 0 Å². The van der Waals surface area contributed by atoms with Gasteiger partial charge in [0.15, 0.2) is 0 Å². The summed E-state index contributed by atoms with van der Waals surface area (Å²) in [6.45, 7) is 0.0947. The van der Waals surface area contributed by atoms with Crippen LogP contribution in [0.2, 0.25) is 0 Å². The lowest BCUT2D eigenvalue weighted by Crippen LogP contribution is -2.04. The van der Waals surface area contributed by atoms with Gasteiger partial charge in [-0.05, 0) is 18.9 Å². The van der Waals surface area contributed by atoms with Crippen molar-refractivity contribution in [2.75, 3.05) is 6.61 Å². The predicted octanol–water partition coefficient (Wildman–Crippen LogP) is 0.694. The van der Waals surface area contributed by atoms with E-state index in [-0.39, 0.29) is 12.4 Å². The Balaban J connectivity index is 2.27. The average Bonchev–Trinajstić information content (AvgIpc) is 2.58. The zero-order valence-corrected chi connectivity index (χ0v) is 8.44. The number of carbonyl (C=O) groups is 1. The largest absolute Gasteiger partial charge is 0.396 e. The first-order valence-corrected chi connectivity index (χ1v) is 4.83. The Bertz CT molecular complexity index is 294. The Morgan fingerprint density at radius 2 is 2.36 bits per heavy atom. The number of nitrogens with zero attached hydrogens (tertiary/aromatic N) is 2. The van der Waals surface area contributed by atoms with Gasteiger partial charge in [-0.1, -0.05) is 0 Å². The molecule has 1 rings (SSSR count). The van der Waals surface area contributed by atoms with E-state index in [0.717, 1.165) is 12.1 Å². The van der Waals surface area contributed by atoms with Gasteiger partial charge in [-0.2, -0.15) is 5.10 Å². The zero-order chi connectivity index (χ0) is 10.4. The van der Waals surface area contributed by atoms with E-state index in [4.69, 9.17) is 5.11 Å². The molecule has 0 saturated heterocycles. The van der Waals surface area contributed by atoms with Gasteiger partial charge in [0.2, 0.25) is 0 Å². The number of rotatable bonds is 6. The standard InChI is InChI=1S/C10H16N2O2/c1-12-9(6-7-11-12)4-5-10(14)3-2-8-13/h6-7,13H,2-5,8H2,1H3. The average molecular weight is 196 g/mol. The van der Waals surface area contributed by atoms with Gasteiger partial charge in [0.1, 0.15) is 5.78 Å². The van der Waals surface area contributed by atoms with Crippen LogP contribution in [-0.2, 0) is 18.3 Å². The number of carbonyl (C=O) groups excluding carboxylic acids is 1. The third-order valence-corrected chi connectivity index (χ3v) is 2.20. The van der Waals surface area contributed by atoms with Crippen LogP contribution in [-0.4, -0.2) is 27.3 Å². The lowest BCUT2D eigenvalue weighted by Gasteiger charge is -2.01. The van der Waals surface area contributed by atoms with Crippen molar-refractivity contribution in [2.45, 2.75) is 25.7 Å². The molecule has 0 radical (unpaired) electrons. The second-order valence-corrected chi connectivity index (χ2v) is 3.31. The summed E-state index contributed by atoms with van der Waals surface area (Å²) in [6, 6.07) is 1.92. The number of hydrogen-bond acceptors (Lipinski definition) is 3. The minimum atomic E-state index is 0.0947. The van der Waals surface area contributed by atoms with Gasteiger partial charge >= 0.3 is 0 Å². The molecule has 1 aromatic heterocycles. The summed E-state index contributed by atoms with van der Waals surface area (Å²) in [5, 5.41) is 12.6. The van der Waals surface area contributed by atoms with E-state index in [1.165, 1.54) is 0 Å². The fraction of sp³-hybridized carbons (Fsp3) is 0.600. The number of aliphatic hydroxyl groups excluding tert-OH is 1. The van der Waals surface area contributed by atoms with Crippen LogP contribution in [0.15, 0.2) is 12.3 Å². The first-order chi connectivity index (χ1) is 6.74. The zero-order valence-electron chi connectivity index (χ0n) is 8.44. The van der Waals surface area contributed by atoms with Gasteiger partial charge in [-0.15, -0.1) is 0 Å². The number of aryl methyl sites for hydroxylation is 2. The van der Waals surface area contributed by atoms with E-state index in [1.807, 2.05) is 13.1 Å². The Kier molecular flexibility index (Phi) is 4.32. The maximum Gasteiger partial charge on any atom is 0.133 e. The lowest BCUT2D eigenvalue weighted by atomic mass is 10.1. The van der Waals surface area contributed by atoms with Crippen LogP contribution in [0.3, 0.4) is 0 Å². The van der Waals surface area contributed by atoms with Crippen molar-refractivity contribution in [2.24, 2.45) is 7.05 Å². The molecule has 0 bridgehead atoms. The molecular formula is C10H16N2O2. The molecule has 4 heteroatoms. The Hall–Kier alpha value is -1.16. The number of aliphatic hydroxyl groups is 1. The molecule has 4 nitrogen and oxygen atoms in total.